The van der Waals surface area contributed by atoms with E-state index < -0.39 is 0 Å². The third-order valence-electron chi connectivity index (χ3n) is 2.64. The molecule has 0 aliphatic carbocycles. The maximum atomic E-state index is 4.56. The van der Waals surface area contributed by atoms with E-state index in [2.05, 4.69) is 50.1 Å². The lowest BCUT2D eigenvalue weighted by Gasteiger charge is -2.16. The predicted octanol–water partition coefficient (Wildman–Crippen LogP) is 3.57. The van der Waals surface area contributed by atoms with Gasteiger partial charge < -0.3 is 5.32 Å². The van der Waals surface area contributed by atoms with Gasteiger partial charge in [-0.3, -0.25) is 0 Å². The van der Waals surface area contributed by atoms with Crippen LogP contribution in [0.2, 0.25) is 0 Å². The molecular formula is C14H24N2S. The van der Waals surface area contributed by atoms with Crippen LogP contribution in [0.4, 0.5) is 0 Å². The summed E-state index contributed by atoms with van der Waals surface area (Å²) in [7, 11) is 0. The summed E-state index contributed by atoms with van der Waals surface area (Å²) in [6.45, 7) is 9.65. The zero-order valence-corrected chi connectivity index (χ0v) is 12.2. The van der Waals surface area contributed by atoms with Crippen LogP contribution in [0.25, 0.3) is 0 Å². The number of rotatable bonds is 7. The number of hydrogen-bond donors (Lipinski definition) is 1. The molecule has 0 aromatic carbocycles. The monoisotopic (exact) mass is 252 g/mol. The van der Waals surface area contributed by atoms with E-state index in [4.69, 9.17) is 0 Å². The number of thioether (sulfide) groups is 1. The molecule has 96 valence electrons. The molecule has 3 heteroatoms. The minimum atomic E-state index is 0.609. The Bertz CT molecular complexity index is 313. The summed E-state index contributed by atoms with van der Waals surface area (Å²) in [6.07, 6.45) is 2.48. The Morgan fingerprint density at radius 1 is 1.29 bits per heavy atom. The van der Waals surface area contributed by atoms with Crippen LogP contribution >= 0.6 is 11.8 Å². The predicted molar refractivity (Wildman–Crippen MR) is 76.8 cm³/mol. The van der Waals surface area contributed by atoms with Crippen molar-refractivity contribution in [2.24, 2.45) is 0 Å². The van der Waals surface area contributed by atoms with E-state index >= 15 is 0 Å². The number of aromatic nitrogens is 1. The van der Waals surface area contributed by atoms with Gasteiger partial charge in [-0.1, -0.05) is 20.3 Å². The van der Waals surface area contributed by atoms with E-state index in [0.29, 0.717) is 6.04 Å². The van der Waals surface area contributed by atoms with Crippen LogP contribution in [0.15, 0.2) is 17.2 Å². The van der Waals surface area contributed by atoms with Crippen molar-refractivity contribution >= 4 is 11.8 Å². The largest absolute Gasteiger partial charge is 0.313 e. The van der Waals surface area contributed by atoms with E-state index in [1.165, 1.54) is 18.4 Å². The number of hydrogen-bond acceptors (Lipinski definition) is 3. The van der Waals surface area contributed by atoms with Gasteiger partial charge in [-0.25, -0.2) is 4.98 Å². The van der Waals surface area contributed by atoms with E-state index in [1.54, 1.807) is 0 Å². The van der Waals surface area contributed by atoms with Crippen LogP contribution in [0.1, 0.15) is 37.9 Å². The summed E-state index contributed by atoms with van der Waals surface area (Å²) in [6, 6.07) is 4.91. The summed E-state index contributed by atoms with van der Waals surface area (Å²) in [5.41, 5.74) is 2.42. The zero-order valence-electron chi connectivity index (χ0n) is 11.4. The fourth-order valence-electron chi connectivity index (χ4n) is 1.95. The van der Waals surface area contributed by atoms with Crippen molar-refractivity contribution in [2.45, 2.75) is 51.6 Å². The average molecular weight is 252 g/mol. The number of nitrogens with one attached hydrogen (secondary N) is 1. The third kappa shape index (κ3) is 5.55. The van der Waals surface area contributed by atoms with Gasteiger partial charge in [0.15, 0.2) is 0 Å². The maximum Gasteiger partial charge on any atom is 0.0966 e. The van der Waals surface area contributed by atoms with Crippen molar-refractivity contribution in [3.63, 3.8) is 0 Å². The van der Waals surface area contributed by atoms with Gasteiger partial charge in [0.1, 0.15) is 0 Å². The maximum absolute atomic E-state index is 4.56. The molecule has 0 saturated carbocycles. The first-order valence-corrected chi connectivity index (χ1v) is 7.45. The van der Waals surface area contributed by atoms with Crippen LogP contribution in [0.5, 0.6) is 0 Å². The summed E-state index contributed by atoms with van der Waals surface area (Å²) >= 11 is 1.86. The highest BCUT2D eigenvalue weighted by molar-refractivity contribution is 7.99. The lowest BCUT2D eigenvalue weighted by Crippen LogP contribution is -2.30. The molecule has 2 nitrogen and oxygen atoms in total. The Kier molecular flexibility index (Phi) is 6.60. The highest BCUT2D eigenvalue weighted by Crippen LogP contribution is 2.19. The van der Waals surface area contributed by atoms with Gasteiger partial charge in [0.05, 0.1) is 5.03 Å². The zero-order chi connectivity index (χ0) is 12.7. The van der Waals surface area contributed by atoms with Gasteiger partial charge in [-0.05, 0) is 44.5 Å². The Balaban J connectivity index is 2.52. The number of nitrogens with zero attached hydrogens (tertiary/aromatic N) is 1. The van der Waals surface area contributed by atoms with Gasteiger partial charge in [-0.15, -0.1) is 11.8 Å². The molecule has 0 aliphatic rings. The van der Waals surface area contributed by atoms with Crippen molar-refractivity contribution in [1.82, 2.24) is 10.3 Å². The summed E-state index contributed by atoms with van der Waals surface area (Å²) < 4.78 is 0. The number of pyridine rings is 1. The lowest BCUT2D eigenvalue weighted by molar-refractivity contribution is 0.531. The first kappa shape index (κ1) is 14.5. The first-order chi connectivity index (χ1) is 8.15. The number of aryl methyl sites for hydroxylation is 2. The molecule has 17 heavy (non-hydrogen) atoms. The molecular weight excluding hydrogens is 228 g/mol. The smallest absolute Gasteiger partial charge is 0.0966 e. The minimum absolute atomic E-state index is 0.609. The molecule has 0 amide bonds. The average Bonchev–Trinajstić information content (AvgIpc) is 2.25. The fraction of sp³-hybridized carbons (Fsp3) is 0.643. The van der Waals surface area contributed by atoms with Crippen LogP contribution < -0.4 is 5.32 Å². The van der Waals surface area contributed by atoms with E-state index in [9.17, 15) is 0 Å². The van der Waals surface area contributed by atoms with Gasteiger partial charge >= 0.3 is 0 Å². The Morgan fingerprint density at radius 3 is 2.65 bits per heavy atom. The van der Waals surface area contributed by atoms with Crippen molar-refractivity contribution in [1.29, 1.82) is 0 Å². The van der Waals surface area contributed by atoms with Crippen molar-refractivity contribution in [2.75, 3.05) is 12.3 Å². The molecule has 1 aromatic rings. The first-order valence-electron chi connectivity index (χ1n) is 6.47. The van der Waals surface area contributed by atoms with Crippen LogP contribution in [-0.4, -0.2) is 23.3 Å². The second-order valence-corrected chi connectivity index (χ2v) is 5.52. The van der Waals surface area contributed by atoms with Crippen molar-refractivity contribution in [3.8, 4) is 0 Å². The van der Waals surface area contributed by atoms with Crippen LogP contribution in [0.3, 0.4) is 0 Å². The normalized spacial score (nSPS) is 12.7. The second kappa shape index (κ2) is 7.72. The van der Waals surface area contributed by atoms with E-state index in [-0.39, 0.29) is 0 Å². The molecule has 1 aromatic heterocycles. The van der Waals surface area contributed by atoms with E-state index in [0.717, 1.165) is 23.0 Å². The Hall–Kier alpha value is -0.540. The second-order valence-electron chi connectivity index (χ2n) is 4.48. The topological polar surface area (TPSA) is 24.9 Å². The fourth-order valence-corrected chi connectivity index (χ4v) is 3.08. The van der Waals surface area contributed by atoms with Crippen molar-refractivity contribution < 1.29 is 0 Å². The highest BCUT2D eigenvalue weighted by atomic mass is 32.2. The van der Waals surface area contributed by atoms with Gasteiger partial charge in [-0.2, -0.15) is 0 Å². The highest BCUT2D eigenvalue weighted by Gasteiger charge is 2.07. The van der Waals surface area contributed by atoms with Gasteiger partial charge in [0.2, 0.25) is 0 Å². The Labute approximate surface area is 110 Å². The molecule has 0 aliphatic heterocycles. The quantitative estimate of drug-likeness (QED) is 0.751. The molecule has 1 N–H and O–H groups in total. The molecule has 0 fully saturated rings. The molecule has 0 saturated heterocycles. The molecule has 1 rings (SSSR count). The lowest BCUT2D eigenvalue weighted by atomic mass is 10.2. The van der Waals surface area contributed by atoms with E-state index in [1.807, 2.05) is 11.8 Å². The van der Waals surface area contributed by atoms with Gasteiger partial charge in [0.25, 0.3) is 0 Å². The summed E-state index contributed by atoms with van der Waals surface area (Å²) in [5, 5.41) is 4.69. The minimum Gasteiger partial charge on any atom is -0.313 e. The SMILES string of the molecule is CCCC(CSc1cc(C)cc(C)n1)NCC. The third-order valence-corrected chi connectivity index (χ3v) is 3.71. The summed E-state index contributed by atoms with van der Waals surface area (Å²) in [5.74, 6) is 1.11. The molecule has 0 spiro atoms. The molecule has 1 atom stereocenters. The Morgan fingerprint density at radius 2 is 2.06 bits per heavy atom. The molecule has 1 heterocycles. The van der Waals surface area contributed by atoms with Gasteiger partial charge in [0, 0.05) is 17.5 Å². The van der Waals surface area contributed by atoms with Crippen LogP contribution in [-0.2, 0) is 0 Å². The van der Waals surface area contributed by atoms with Crippen LogP contribution in [0, 0.1) is 13.8 Å². The standard InChI is InChI=1S/C14H24N2S/c1-5-7-13(15-6-2)10-17-14-9-11(3)8-12(4)16-14/h8-9,13,15H,5-7,10H2,1-4H3. The molecule has 1 unspecified atom stereocenters. The van der Waals surface area contributed by atoms with Crippen molar-refractivity contribution in [3.05, 3.63) is 23.4 Å². The molecule has 0 bridgehead atoms. The summed E-state index contributed by atoms with van der Waals surface area (Å²) in [4.78, 5) is 4.56. The molecule has 0 radical (unpaired) electrons.